The van der Waals surface area contributed by atoms with Crippen molar-refractivity contribution >= 4 is 10.1 Å². The number of hydrogen-bond donors (Lipinski definition) is 1. The summed E-state index contributed by atoms with van der Waals surface area (Å²) in [6.45, 7) is 0. The van der Waals surface area contributed by atoms with E-state index in [4.69, 9.17) is 9.39 Å². The van der Waals surface area contributed by atoms with Gasteiger partial charge in [0.25, 0.3) is 10.1 Å². The molecule has 1 heterocycles. The first-order chi connectivity index (χ1) is 5.00. The highest BCUT2D eigenvalue weighted by Gasteiger charge is 2.14. The molecule has 0 bridgehead atoms. The van der Waals surface area contributed by atoms with Crippen LogP contribution in [-0.2, 0) is 15.0 Å². The molecular formula is C5H7NO4S. The standard InChI is InChI=1S/C5H7NO4S/c1-6-4-5(2-3-10-6)11(7,8)9/h2-4H,1H3,(H,7,8,9). The minimum Gasteiger partial charge on any atom is -0.388 e. The number of hydrogen-bond acceptors (Lipinski definition) is 4. The summed E-state index contributed by atoms with van der Waals surface area (Å²) >= 11 is 0. The summed E-state index contributed by atoms with van der Waals surface area (Å²) in [6, 6.07) is 0. The van der Waals surface area contributed by atoms with Gasteiger partial charge in [-0.15, -0.1) is 0 Å². The first-order valence-electron chi connectivity index (χ1n) is 2.75. The molecule has 0 aliphatic carbocycles. The molecule has 0 aromatic rings. The van der Waals surface area contributed by atoms with Gasteiger partial charge in [0, 0.05) is 7.05 Å². The predicted octanol–water partition coefficient (Wildman–Crippen LogP) is 0.106. The first-order valence-corrected chi connectivity index (χ1v) is 4.19. The van der Waals surface area contributed by atoms with Gasteiger partial charge >= 0.3 is 0 Å². The lowest BCUT2D eigenvalue weighted by molar-refractivity contribution is -0.0348. The molecule has 0 fully saturated rings. The summed E-state index contributed by atoms with van der Waals surface area (Å²) in [5.74, 6) is 0. The minimum atomic E-state index is -4.11. The van der Waals surface area contributed by atoms with E-state index in [-0.39, 0.29) is 4.91 Å². The van der Waals surface area contributed by atoms with Gasteiger partial charge in [-0.3, -0.25) is 4.55 Å². The van der Waals surface area contributed by atoms with E-state index in [0.29, 0.717) is 0 Å². The third-order valence-electron chi connectivity index (χ3n) is 1.07. The molecule has 62 valence electrons. The van der Waals surface area contributed by atoms with Crippen LogP contribution in [0.25, 0.3) is 0 Å². The fourth-order valence-electron chi connectivity index (χ4n) is 0.599. The molecule has 6 heteroatoms. The van der Waals surface area contributed by atoms with Crippen LogP contribution in [0.4, 0.5) is 0 Å². The molecule has 0 unspecified atom stereocenters. The van der Waals surface area contributed by atoms with Crippen LogP contribution < -0.4 is 0 Å². The highest BCUT2D eigenvalue weighted by atomic mass is 32.2. The zero-order valence-corrected chi connectivity index (χ0v) is 6.58. The number of rotatable bonds is 1. The van der Waals surface area contributed by atoms with Gasteiger partial charge in [-0.1, -0.05) is 0 Å². The van der Waals surface area contributed by atoms with Crippen molar-refractivity contribution in [3.05, 3.63) is 23.4 Å². The van der Waals surface area contributed by atoms with E-state index in [1.54, 1.807) is 0 Å². The van der Waals surface area contributed by atoms with Crippen LogP contribution in [0.1, 0.15) is 0 Å². The third-order valence-corrected chi connectivity index (χ3v) is 1.90. The van der Waals surface area contributed by atoms with E-state index in [1.165, 1.54) is 18.4 Å². The number of nitrogens with zero attached hydrogens (tertiary/aromatic N) is 1. The Morgan fingerprint density at radius 3 is 2.64 bits per heavy atom. The van der Waals surface area contributed by atoms with Gasteiger partial charge in [0.15, 0.2) is 0 Å². The highest BCUT2D eigenvalue weighted by Crippen LogP contribution is 2.11. The maximum Gasteiger partial charge on any atom is 0.296 e. The normalized spacial score (nSPS) is 17.6. The zero-order valence-electron chi connectivity index (χ0n) is 5.76. The average Bonchev–Trinajstić information content (AvgIpc) is 1.86. The van der Waals surface area contributed by atoms with E-state index in [9.17, 15) is 8.42 Å². The molecule has 0 amide bonds. The summed E-state index contributed by atoms with van der Waals surface area (Å²) in [5, 5.41) is 1.17. The van der Waals surface area contributed by atoms with Gasteiger partial charge in [-0.2, -0.15) is 8.42 Å². The quantitative estimate of drug-likeness (QED) is 0.575. The monoisotopic (exact) mass is 177 g/mol. The third kappa shape index (κ3) is 1.95. The Kier molecular flexibility index (Phi) is 1.88. The molecule has 1 aliphatic heterocycles. The molecule has 0 saturated heterocycles. The molecule has 11 heavy (non-hydrogen) atoms. The Labute approximate surface area is 64.3 Å². The molecule has 0 radical (unpaired) electrons. The molecule has 0 saturated carbocycles. The van der Waals surface area contributed by atoms with Crippen molar-refractivity contribution in [3.8, 4) is 0 Å². The molecule has 0 atom stereocenters. The first kappa shape index (κ1) is 8.09. The second kappa shape index (κ2) is 2.55. The lowest BCUT2D eigenvalue weighted by Gasteiger charge is -2.15. The summed E-state index contributed by atoms with van der Waals surface area (Å²) in [7, 11) is -2.60. The fraction of sp³-hybridized carbons (Fsp3) is 0.200. The Bertz CT molecular complexity index is 302. The lowest BCUT2D eigenvalue weighted by atomic mass is 10.5. The van der Waals surface area contributed by atoms with Gasteiger partial charge in [0.2, 0.25) is 0 Å². The van der Waals surface area contributed by atoms with E-state index < -0.39 is 10.1 Å². The summed E-state index contributed by atoms with van der Waals surface area (Å²) < 4.78 is 29.5. The van der Waals surface area contributed by atoms with E-state index in [1.807, 2.05) is 0 Å². The van der Waals surface area contributed by atoms with Gasteiger partial charge in [-0.25, -0.2) is 5.06 Å². The molecule has 0 spiro atoms. The van der Waals surface area contributed by atoms with Gasteiger partial charge in [0.05, 0.1) is 6.20 Å². The van der Waals surface area contributed by atoms with Crippen molar-refractivity contribution in [2.45, 2.75) is 0 Å². The smallest absolute Gasteiger partial charge is 0.296 e. The number of allylic oxidation sites excluding steroid dienone is 1. The molecule has 5 nitrogen and oxygen atoms in total. The Morgan fingerprint density at radius 1 is 1.64 bits per heavy atom. The van der Waals surface area contributed by atoms with E-state index >= 15 is 0 Å². The fourth-order valence-corrected chi connectivity index (χ4v) is 1.11. The molecule has 1 rings (SSSR count). The van der Waals surface area contributed by atoms with Crippen LogP contribution in [0.5, 0.6) is 0 Å². The lowest BCUT2D eigenvalue weighted by Crippen LogP contribution is -2.14. The average molecular weight is 177 g/mol. The SMILES string of the molecule is CN1C=C(S(=O)(=O)O)C=CO1. The Hall–Kier alpha value is -1.01. The van der Waals surface area contributed by atoms with Crippen molar-refractivity contribution in [2.75, 3.05) is 7.05 Å². The van der Waals surface area contributed by atoms with Crippen LogP contribution in [-0.4, -0.2) is 25.1 Å². The summed E-state index contributed by atoms with van der Waals surface area (Å²) in [6.07, 6.45) is 3.49. The number of hydroxylamine groups is 2. The maximum absolute atomic E-state index is 10.5. The molecular weight excluding hydrogens is 170 g/mol. The van der Waals surface area contributed by atoms with Crippen LogP contribution in [0, 0.1) is 0 Å². The topological polar surface area (TPSA) is 66.8 Å². The van der Waals surface area contributed by atoms with Crippen LogP contribution in [0.3, 0.4) is 0 Å². The van der Waals surface area contributed by atoms with Crippen molar-refractivity contribution in [1.82, 2.24) is 5.06 Å². The van der Waals surface area contributed by atoms with Crippen LogP contribution >= 0.6 is 0 Å². The highest BCUT2D eigenvalue weighted by molar-refractivity contribution is 7.90. The molecule has 0 aromatic carbocycles. The molecule has 1 aliphatic rings. The van der Waals surface area contributed by atoms with Crippen LogP contribution in [0.15, 0.2) is 23.4 Å². The maximum atomic E-state index is 10.5. The summed E-state index contributed by atoms with van der Waals surface area (Å²) in [4.78, 5) is 4.52. The minimum absolute atomic E-state index is 0.189. The van der Waals surface area contributed by atoms with Gasteiger partial charge in [-0.05, 0) is 6.08 Å². The zero-order chi connectivity index (χ0) is 8.48. The second-order valence-corrected chi connectivity index (χ2v) is 3.38. The Balaban J connectivity index is 2.98. The van der Waals surface area contributed by atoms with Gasteiger partial charge < -0.3 is 4.84 Å². The van der Waals surface area contributed by atoms with E-state index in [2.05, 4.69) is 0 Å². The molecule has 1 N–H and O–H groups in total. The van der Waals surface area contributed by atoms with Gasteiger partial charge in [0.1, 0.15) is 11.2 Å². The van der Waals surface area contributed by atoms with Crippen LogP contribution in [0.2, 0.25) is 0 Å². The van der Waals surface area contributed by atoms with Crippen molar-refractivity contribution in [2.24, 2.45) is 0 Å². The van der Waals surface area contributed by atoms with Crippen molar-refractivity contribution in [3.63, 3.8) is 0 Å². The Morgan fingerprint density at radius 2 is 2.27 bits per heavy atom. The van der Waals surface area contributed by atoms with Crippen molar-refractivity contribution < 1.29 is 17.8 Å². The second-order valence-electron chi connectivity index (χ2n) is 1.96. The molecule has 0 aromatic heterocycles. The summed E-state index contributed by atoms with van der Waals surface area (Å²) in [5.41, 5.74) is 0. The van der Waals surface area contributed by atoms with Crippen molar-refractivity contribution in [1.29, 1.82) is 0 Å². The largest absolute Gasteiger partial charge is 0.388 e. The predicted molar refractivity (Wildman–Crippen MR) is 37.6 cm³/mol. The van der Waals surface area contributed by atoms with E-state index in [0.717, 1.165) is 12.3 Å².